The highest BCUT2D eigenvalue weighted by Crippen LogP contribution is 2.40. The maximum Gasteiger partial charge on any atom is 0.338 e. The van der Waals surface area contributed by atoms with E-state index in [1.54, 1.807) is 36.6 Å². The van der Waals surface area contributed by atoms with Gasteiger partial charge in [0, 0.05) is 16.8 Å². The molecule has 0 aliphatic heterocycles. The van der Waals surface area contributed by atoms with E-state index in [4.69, 9.17) is 14.5 Å². The minimum atomic E-state index is -0.332. The first kappa shape index (κ1) is 29.5. The van der Waals surface area contributed by atoms with Gasteiger partial charge in [-0.05, 0) is 124 Å². The Balaban J connectivity index is 1.32. The molecule has 0 atom stereocenters. The number of halogens is 2. The van der Waals surface area contributed by atoms with Crippen LogP contribution < -0.4 is 10.1 Å². The number of hydrogen-bond donors (Lipinski definition) is 1. The van der Waals surface area contributed by atoms with Crippen molar-refractivity contribution >= 4 is 78.6 Å². The van der Waals surface area contributed by atoms with E-state index in [1.807, 2.05) is 54.6 Å². The fraction of sp³-hybridized carbons (Fsp3) is 0.219. The summed E-state index contributed by atoms with van der Waals surface area (Å²) in [6, 6.07) is 20.7. The molecule has 1 aromatic heterocycles. The number of ether oxygens (including phenoxy) is 2. The Morgan fingerprint density at radius 3 is 2.56 bits per heavy atom. The second-order valence-corrected chi connectivity index (χ2v) is 12.6. The molecule has 3 aromatic carbocycles. The number of benzene rings is 3. The molecule has 4 aromatic rings. The van der Waals surface area contributed by atoms with E-state index in [0.29, 0.717) is 24.3 Å². The van der Waals surface area contributed by atoms with Gasteiger partial charge in [0.2, 0.25) is 0 Å². The van der Waals surface area contributed by atoms with Crippen LogP contribution in [0.3, 0.4) is 0 Å². The molecule has 0 saturated heterocycles. The number of para-hydroxylation sites is 1. The van der Waals surface area contributed by atoms with Crippen LogP contribution in [0.4, 0.5) is 10.7 Å². The first-order valence-electron chi connectivity index (χ1n) is 13.4. The van der Waals surface area contributed by atoms with E-state index in [2.05, 4.69) is 43.8 Å². The number of rotatable bonds is 9. The molecule has 0 bridgehead atoms. The van der Waals surface area contributed by atoms with Crippen molar-refractivity contribution < 1.29 is 19.1 Å². The summed E-state index contributed by atoms with van der Waals surface area (Å²) in [4.78, 5) is 31.3. The van der Waals surface area contributed by atoms with Crippen LogP contribution in [-0.4, -0.2) is 24.7 Å². The lowest BCUT2D eigenvalue weighted by atomic mass is 9.95. The number of nitrogens with zero attached hydrogens (tertiary/aromatic N) is 1. The number of carbonyl (C=O) groups excluding carboxylic acids is 2. The second kappa shape index (κ2) is 13.8. The molecule has 1 heterocycles. The molecule has 0 spiro atoms. The van der Waals surface area contributed by atoms with Gasteiger partial charge in [-0.3, -0.25) is 4.79 Å². The van der Waals surface area contributed by atoms with Crippen LogP contribution in [0.15, 0.2) is 76.2 Å². The van der Waals surface area contributed by atoms with Crippen molar-refractivity contribution in [1.29, 1.82) is 0 Å². The third kappa shape index (κ3) is 7.25. The minimum absolute atomic E-state index is 0.113. The first-order chi connectivity index (χ1) is 19.9. The molecule has 0 fully saturated rings. The van der Waals surface area contributed by atoms with Crippen LogP contribution in [0.1, 0.15) is 62.0 Å². The molecule has 1 amide bonds. The standard InChI is InChI=1S/C32H28BrIN2O4S/c1-2-39-32(38)22-14-12-20(13-15-22)19-40-29-25(33)16-21(17-26(29)34)18-35-31-28(24-10-6-7-11-27(24)41-31)30(37)36-23-8-4-3-5-9-23/h3-5,8-9,12-18H,2,6-7,10-11,19H2,1H3,(H,36,37). The average Bonchev–Trinajstić information content (AvgIpc) is 3.35. The highest BCUT2D eigenvalue weighted by molar-refractivity contribution is 14.1. The lowest BCUT2D eigenvalue weighted by Crippen LogP contribution is -2.14. The third-order valence-electron chi connectivity index (χ3n) is 6.61. The fourth-order valence-electron chi connectivity index (χ4n) is 4.62. The smallest absolute Gasteiger partial charge is 0.338 e. The largest absolute Gasteiger partial charge is 0.487 e. The molecule has 1 N–H and O–H groups in total. The number of fused-ring (bicyclic) bond motifs is 1. The van der Waals surface area contributed by atoms with Crippen molar-refractivity contribution in [3.8, 4) is 5.75 Å². The average molecular weight is 743 g/mol. The van der Waals surface area contributed by atoms with Crippen LogP contribution in [0.2, 0.25) is 0 Å². The van der Waals surface area contributed by atoms with E-state index in [0.717, 1.165) is 66.9 Å². The van der Waals surface area contributed by atoms with Gasteiger partial charge in [0.1, 0.15) is 17.4 Å². The Kier molecular flexibility index (Phi) is 9.89. The molecular weight excluding hydrogens is 715 g/mol. The number of aryl methyl sites for hydroxylation is 1. The Bertz CT molecular complexity index is 1560. The van der Waals surface area contributed by atoms with Gasteiger partial charge in [-0.25, -0.2) is 9.79 Å². The van der Waals surface area contributed by atoms with Gasteiger partial charge in [0.25, 0.3) is 5.91 Å². The first-order valence-corrected chi connectivity index (χ1v) is 16.0. The highest BCUT2D eigenvalue weighted by Gasteiger charge is 2.25. The van der Waals surface area contributed by atoms with E-state index in [1.165, 1.54) is 4.88 Å². The van der Waals surface area contributed by atoms with Crippen LogP contribution in [-0.2, 0) is 24.2 Å². The summed E-state index contributed by atoms with van der Waals surface area (Å²) >= 11 is 7.52. The number of thiophene rings is 1. The zero-order chi connectivity index (χ0) is 28.8. The predicted octanol–water partition coefficient (Wildman–Crippen LogP) is 8.75. The highest BCUT2D eigenvalue weighted by atomic mass is 127. The summed E-state index contributed by atoms with van der Waals surface area (Å²) in [6.45, 7) is 2.48. The second-order valence-electron chi connectivity index (χ2n) is 9.49. The van der Waals surface area contributed by atoms with E-state index in [9.17, 15) is 9.59 Å². The molecule has 210 valence electrons. The lowest BCUT2D eigenvalue weighted by molar-refractivity contribution is 0.0526. The fourth-order valence-corrected chi connectivity index (χ4v) is 7.62. The Hall–Kier alpha value is -3.02. The van der Waals surface area contributed by atoms with Gasteiger partial charge in [-0.15, -0.1) is 11.3 Å². The van der Waals surface area contributed by atoms with Crippen LogP contribution in [0.25, 0.3) is 0 Å². The van der Waals surface area contributed by atoms with Gasteiger partial charge >= 0.3 is 5.97 Å². The number of hydrogen-bond acceptors (Lipinski definition) is 6. The van der Waals surface area contributed by atoms with Crippen molar-refractivity contribution in [1.82, 2.24) is 0 Å². The summed E-state index contributed by atoms with van der Waals surface area (Å²) in [5, 5.41) is 3.79. The zero-order valence-corrected chi connectivity index (χ0v) is 27.0. The Morgan fingerprint density at radius 2 is 1.83 bits per heavy atom. The molecule has 0 saturated carbocycles. The number of anilines is 1. The Morgan fingerprint density at radius 1 is 1.07 bits per heavy atom. The molecule has 1 aliphatic rings. The molecule has 0 unspecified atom stereocenters. The molecule has 1 aliphatic carbocycles. The molecule has 9 heteroatoms. The SMILES string of the molecule is CCOC(=O)c1ccc(COc2c(Br)cc(C=Nc3sc4c(c3C(=O)Nc3ccccc3)CCCC4)cc2I)cc1. The summed E-state index contributed by atoms with van der Waals surface area (Å²) in [5.74, 6) is 0.283. The van der Waals surface area contributed by atoms with Crippen molar-refractivity contribution in [2.75, 3.05) is 11.9 Å². The normalized spacial score (nSPS) is 12.7. The number of nitrogens with one attached hydrogen (secondary N) is 1. The van der Waals surface area contributed by atoms with Gasteiger partial charge in [-0.1, -0.05) is 30.3 Å². The van der Waals surface area contributed by atoms with Gasteiger partial charge in [-0.2, -0.15) is 0 Å². The lowest BCUT2D eigenvalue weighted by Gasteiger charge is -2.13. The topological polar surface area (TPSA) is 77.0 Å². The maximum atomic E-state index is 13.4. The molecule has 5 rings (SSSR count). The van der Waals surface area contributed by atoms with Crippen molar-refractivity contribution in [2.24, 2.45) is 4.99 Å². The quantitative estimate of drug-likeness (QED) is 0.106. The monoisotopic (exact) mass is 742 g/mol. The zero-order valence-electron chi connectivity index (χ0n) is 22.4. The number of aliphatic imine (C=N–C) groups is 1. The summed E-state index contributed by atoms with van der Waals surface area (Å²) in [5.41, 5.74) is 4.95. The molecular formula is C32H28BrIN2O4S. The molecule has 0 radical (unpaired) electrons. The van der Waals surface area contributed by atoms with Gasteiger partial charge in [0.15, 0.2) is 0 Å². The van der Waals surface area contributed by atoms with Crippen molar-refractivity contribution in [3.63, 3.8) is 0 Å². The maximum absolute atomic E-state index is 13.4. The summed E-state index contributed by atoms with van der Waals surface area (Å²) < 4.78 is 12.9. The van der Waals surface area contributed by atoms with Crippen molar-refractivity contribution in [3.05, 3.63) is 107 Å². The number of amides is 1. The van der Waals surface area contributed by atoms with E-state index in [-0.39, 0.29) is 11.9 Å². The van der Waals surface area contributed by atoms with E-state index >= 15 is 0 Å². The van der Waals surface area contributed by atoms with Crippen LogP contribution >= 0.6 is 49.9 Å². The summed E-state index contributed by atoms with van der Waals surface area (Å²) in [7, 11) is 0. The van der Waals surface area contributed by atoms with Crippen LogP contribution in [0.5, 0.6) is 5.75 Å². The van der Waals surface area contributed by atoms with Crippen molar-refractivity contribution in [2.45, 2.75) is 39.2 Å². The third-order valence-corrected chi connectivity index (χ3v) is 9.20. The number of carbonyl (C=O) groups is 2. The van der Waals surface area contributed by atoms with E-state index < -0.39 is 0 Å². The summed E-state index contributed by atoms with van der Waals surface area (Å²) in [6.07, 6.45) is 5.92. The van der Waals surface area contributed by atoms with Gasteiger partial charge in [0.05, 0.1) is 25.8 Å². The molecule has 41 heavy (non-hydrogen) atoms. The predicted molar refractivity (Wildman–Crippen MR) is 176 cm³/mol. The van der Waals surface area contributed by atoms with Gasteiger partial charge < -0.3 is 14.8 Å². The molecule has 6 nitrogen and oxygen atoms in total. The van der Waals surface area contributed by atoms with Crippen LogP contribution in [0, 0.1) is 3.57 Å². The number of esters is 1. The minimum Gasteiger partial charge on any atom is -0.487 e. The Labute approximate surface area is 265 Å².